The van der Waals surface area contributed by atoms with Crippen molar-refractivity contribution in [1.82, 2.24) is 0 Å². The Balaban J connectivity index is 2.16. The van der Waals surface area contributed by atoms with Gasteiger partial charge in [-0.3, -0.25) is 4.79 Å². The van der Waals surface area contributed by atoms with Gasteiger partial charge in [-0.15, -0.1) is 0 Å². The van der Waals surface area contributed by atoms with Crippen LogP contribution >= 0.6 is 15.9 Å². The number of halogens is 1. The monoisotopic (exact) mass is 307 g/mol. The number of nitrogens with zero attached hydrogens (tertiary/aromatic N) is 1. The van der Waals surface area contributed by atoms with E-state index in [0.29, 0.717) is 11.3 Å². The number of hydrogen-bond donors (Lipinski definition) is 2. The van der Waals surface area contributed by atoms with E-state index in [1.165, 1.54) is 0 Å². The topological polar surface area (TPSA) is 78.9 Å². The lowest BCUT2D eigenvalue weighted by Gasteiger charge is -2.15. The van der Waals surface area contributed by atoms with E-state index in [-0.39, 0.29) is 17.9 Å². The summed E-state index contributed by atoms with van der Waals surface area (Å²) in [4.78, 5) is 12.1. The van der Waals surface area contributed by atoms with Crippen molar-refractivity contribution in [1.29, 1.82) is 5.26 Å². The summed E-state index contributed by atoms with van der Waals surface area (Å²) in [6.07, 6.45) is 2.70. The molecule has 1 saturated carbocycles. The highest BCUT2D eigenvalue weighted by Gasteiger charge is 2.30. The van der Waals surface area contributed by atoms with Crippen LogP contribution in [0.5, 0.6) is 0 Å². The highest BCUT2D eigenvalue weighted by atomic mass is 79.9. The Labute approximate surface area is 114 Å². The normalized spacial score (nSPS) is 22.5. The lowest BCUT2D eigenvalue weighted by Crippen LogP contribution is -2.34. The summed E-state index contributed by atoms with van der Waals surface area (Å²) in [5.41, 5.74) is 6.89. The van der Waals surface area contributed by atoms with Crippen LogP contribution in [0.15, 0.2) is 22.7 Å². The molecule has 0 aliphatic heterocycles. The van der Waals surface area contributed by atoms with Crippen LogP contribution in [0, 0.1) is 17.2 Å². The van der Waals surface area contributed by atoms with Crippen LogP contribution in [0.25, 0.3) is 0 Å². The number of benzene rings is 1. The number of nitrogens with two attached hydrogens (primary N) is 1. The minimum Gasteiger partial charge on any atom is -0.327 e. The molecule has 1 amide bonds. The van der Waals surface area contributed by atoms with Crippen LogP contribution in [0.4, 0.5) is 5.69 Å². The Kier molecular flexibility index (Phi) is 4.00. The second kappa shape index (κ2) is 5.51. The van der Waals surface area contributed by atoms with E-state index in [1.807, 2.05) is 0 Å². The Morgan fingerprint density at radius 3 is 2.89 bits per heavy atom. The predicted molar refractivity (Wildman–Crippen MR) is 72.8 cm³/mol. The minimum absolute atomic E-state index is 0.0670. The molecular weight excluding hydrogens is 294 g/mol. The zero-order valence-corrected chi connectivity index (χ0v) is 11.4. The molecule has 18 heavy (non-hydrogen) atoms. The lowest BCUT2D eigenvalue weighted by molar-refractivity contribution is -0.120. The maximum atomic E-state index is 12.1. The smallest absolute Gasteiger partial charge is 0.229 e. The number of rotatable bonds is 2. The summed E-state index contributed by atoms with van der Waals surface area (Å²) in [6.45, 7) is 0. The molecule has 0 aromatic heterocycles. The highest BCUT2D eigenvalue weighted by Crippen LogP contribution is 2.27. The highest BCUT2D eigenvalue weighted by molar-refractivity contribution is 9.10. The number of amides is 1. The van der Waals surface area contributed by atoms with E-state index >= 15 is 0 Å². The van der Waals surface area contributed by atoms with Gasteiger partial charge in [0.05, 0.1) is 17.2 Å². The number of nitriles is 1. The summed E-state index contributed by atoms with van der Waals surface area (Å²) in [7, 11) is 0. The van der Waals surface area contributed by atoms with Gasteiger partial charge in [0.2, 0.25) is 5.91 Å². The molecule has 2 unspecified atom stereocenters. The molecule has 4 nitrogen and oxygen atoms in total. The van der Waals surface area contributed by atoms with Gasteiger partial charge in [0.25, 0.3) is 0 Å². The van der Waals surface area contributed by atoms with E-state index < -0.39 is 0 Å². The maximum Gasteiger partial charge on any atom is 0.229 e. The largest absolute Gasteiger partial charge is 0.327 e. The first-order chi connectivity index (χ1) is 8.61. The SMILES string of the molecule is N#Cc1ccc(Br)cc1NC(=O)C1CCCC1N. The summed E-state index contributed by atoms with van der Waals surface area (Å²) >= 11 is 3.33. The minimum atomic E-state index is -0.143. The molecule has 0 radical (unpaired) electrons. The third-order valence-corrected chi connectivity index (χ3v) is 3.76. The molecule has 2 atom stereocenters. The molecule has 0 spiro atoms. The second-order valence-electron chi connectivity index (χ2n) is 4.49. The first kappa shape index (κ1) is 13.1. The van der Waals surface area contributed by atoms with Crippen molar-refractivity contribution in [2.24, 2.45) is 11.7 Å². The number of carbonyl (C=O) groups is 1. The first-order valence-corrected chi connectivity index (χ1v) is 6.67. The van der Waals surface area contributed by atoms with Crippen molar-refractivity contribution < 1.29 is 4.79 Å². The first-order valence-electron chi connectivity index (χ1n) is 5.88. The molecule has 0 heterocycles. The van der Waals surface area contributed by atoms with Gasteiger partial charge in [0.1, 0.15) is 6.07 Å². The van der Waals surface area contributed by atoms with Crippen molar-refractivity contribution >= 4 is 27.5 Å². The third-order valence-electron chi connectivity index (χ3n) is 3.27. The molecule has 1 fully saturated rings. The molecule has 2 rings (SSSR count). The number of hydrogen-bond acceptors (Lipinski definition) is 3. The molecule has 0 saturated heterocycles. The van der Waals surface area contributed by atoms with E-state index in [9.17, 15) is 4.79 Å². The van der Waals surface area contributed by atoms with E-state index in [2.05, 4.69) is 27.3 Å². The number of carbonyl (C=O) groups excluding carboxylic acids is 1. The Bertz CT molecular complexity index is 509. The van der Waals surface area contributed by atoms with Crippen molar-refractivity contribution in [2.45, 2.75) is 25.3 Å². The zero-order valence-electron chi connectivity index (χ0n) is 9.82. The second-order valence-corrected chi connectivity index (χ2v) is 5.41. The van der Waals surface area contributed by atoms with Gasteiger partial charge in [-0.05, 0) is 31.0 Å². The fourth-order valence-electron chi connectivity index (χ4n) is 2.26. The third kappa shape index (κ3) is 2.71. The molecule has 1 aromatic carbocycles. The van der Waals surface area contributed by atoms with Crippen LogP contribution in [-0.2, 0) is 4.79 Å². The van der Waals surface area contributed by atoms with Gasteiger partial charge in [-0.1, -0.05) is 22.4 Å². The van der Waals surface area contributed by atoms with Gasteiger partial charge < -0.3 is 11.1 Å². The van der Waals surface area contributed by atoms with E-state index in [1.54, 1.807) is 18.2 Å². The van der Waals surface area contributed by atoms with Crippen LogP contribution in [-0.4, -0.2) is 11.9 Å². The molecule has 0 bridgehead atoms. The number of anilines is 1. The Hall–Kier alpha value is -1.38. The molecule has 3 N–H and O–H groups in total. The zero-order chi connectivity index (χ0) is 13.1. The number of nitrogens with one attached hydrogen (secondary N) is 1. The van der Waals surface area contributed by atoms with Crippen LogP contribution < -0.4 is 11.1 Å². The van der Waals surface area contributed by atoms with Crippen LogP contribution in [0.1, 0.15) is 24.8 Å². The fourth-order valence-corrected chi connectivity index (χ4v) is 2.62. The summed E-state index contributed by atoms with van der Waals surface area (Å²) in [5.74, 6) is -0.231. The fraction of sp³-hybridized carbons (Fsp3) is 0.385. The molecule has 5 heteroatoms. The van der Waals surface area contributed by atoms with Gasteiger partial charge >= 0.3 is 0 Å². The summed E-state index contributed by atoms with van der Waals surface area (Å²) < 4.78 is 0.826. The lowest BCUT2D eigenvalue weighted by atomic mass is 10.0. The molecule has 1 aliphatic carbocycles. The standard InChI is InChI=1S/C13H14BrN3O/c14-9-5-4-8(7-15)12(6-9)17-13(18)10-2-1-3-11(10)16/h4-6,10-11H,1-3,16H2,(H,17,18). The van der Waals surface area contributed by atoms with Gasteiger partial charge in [0.15, 0.2) is 0 Å². The molecule has 1 aromatic rings. The molecule has 94 valence electrons. The van der Waals surface area contributed by atoms with Crippen molar-refractivity contribution in [2.75, 3.05) is 5.32 Å². The van der Waals surface area contributed by atoms with Crippen molar-refractivity contribution in [3.8, 4) is 6.07 Å². The average molecular weight is 308 g/mol. The van der Waals surface area contributed by atoms with Gasteiger partial charge in [-0.2, -0.15) is 5.26 Å². The predicted octanol–water partition coefficient (Wildman–Crippen LogP) is 2.39. The Morgan fingerprint density at radius 2 is 2.28 bits per heavy atom. The van der Waals surface area contributed by atoms with Crippen LogP contribution in [0.2, 0.25) is 0 Å². The average Bonchev–Trinajstić information content (AvgIpc) is 2.76. The van der Waals surface area contributed by atoms with Gasteiger partial charge in [0, 0.05) is 10.5 Å². The quantitative estimate of drug-likeness (QED) is 0.880. The van der Waals surface area contributed by atoms with E-state index in [4.69, 9.17) is 11.0 Å². The van der Waals surface area contributed by atoms with E-state index in [0.717, 1.165) is 23.7 Å². The maximum absolute atomic E-state index is 12.1. The summed E-state index contributed by atoms with van der Waals surface area (Å²) in [5, 5.41) is 11.8. The van der Waals surface area contributed by atoms with Crippen molar-refractivity contribution in [3.05, 3.63) is 28.2 Å². The molecular formula is C13H14BrN3O. The van der Waals surface area contributed by atoms with Crippen molar-refractivity contribution in [3.63, 3.8) is 0 Å². The molecule has 1 aliphatic rings. The van der Waals surface area contributed by atoms with Crippen LogP contribution in [0.3, 0.4) is 0 Å². The summed E-state index contributed by atoms with van der Waals surface area (Å²) in [6, 6.07) is 7.18. The Morgan fingerprint density at radius 1 is 1.50 bits per heavy atom. The van der Waals surface area contributed by atoms with Gasteiger partial charge in [-0.25, -0.2) is 0 Å².